The quantitative estimate of drug-likeness (QED) is 0.727. The lowest BCUT2D eigenvalue weighted by atomic mass is 10.4. The Labute approximate surface area is 74.4 Å². The molecule has 0 saturated carbocycles. The molecule has 0 aliphatic heterocycles. The monoisotopic (exact) mass is 183 g/mol. The largest absolute Gasteiger partial charge is 0.478 e. The molecule has 0 aliphatic rings. The number of aromatic nitrogens is 1. The Kier molecular flexibility index (Phi) is 2.99. The van der Waals surface area contributed by atoms with Crippen LogP contribution in [0.25, 0.3) is 6.08 Å². The van der Waals surface area contributed by atoms with Crippen molar-refractivity contribution in [3.8, 4) is 0 Å². The van der Waals surface area contributed by atoms with Crippen molar-refractivity contribution in [3.63, 3.8) is 0 Å². The molecule has 1 rings (SSSR count). The normalized spacial score (nSPS) is 10.8. The molecule has 0 spiro atoms. The maximum atomic E-state index is 10.1. The molecule has 0 fully saturated rings. The van der Waals surface area contributed by atoms with E-state index in [4.69, 9.17) is 5.11 Å². The van der Waals surface area contributed by atoms with Crippen LogP contribution < -0.4 is 0 Å². The van der Waals surface area contributed by atoms with Crippen molar-refractivity contribution in [1.29, 1.82) is 0 Å². The maximum Gasteiger partial charge on any atom is 0.328 e. The summed E-state index contributed by atoms with van der Waals surface area (Å²) < 4.78 is 0. The molecular weight excluding hydrogens is 174 g/mol. The Morgan fingerprint density at radius 3 is 3.08 bits per heavy atom. The summed E-state index contributed by atoms with van der Waals surface area (Å²) in [6.07, 6.45) is 5.25. The van der Waals surface area contributed by atoms with Crippen LogP contribution in [0, 0.1) is 0 Å². The zero-order valence-corrected chi connectivity index (χ0v) is 7.47. The van der Waals surface area contributed by atoms with Gasteiger partial charge in [-0.3, -0.25) is 0 Å². The van der Waals surface area contributed by atoms with Gasteiger partial charge in [0.25, 0.3) is 0 Å². The van der Waals surface area contributed by atoms with Crippen LogP contribution in [0.5, 0.6) is 0 Å². The molecule has 0 aliphatic carbocycles. The van der Waals surface area contributed by atoms with E-state index in [1.165, 1.54) is 11.3 Å². The summed E-state index contributed by atoms with van der Waals surface area (Å²) in [5.74, 6) is -0.929. The minimum Gasteiger partial charge on any atom is -0.478 e. The summed E-state index contributed by atoms with van der Waals surface area (Å²) in [6, 6.07) is 0. The van der Waals surface area contributed by atoms with Gasteiger partial charge in [0, 0.05) is 17.2 Å². The first-order valence-electron chi connectivity index (χ1n) is 3.58. The average Bonchev–Trinajstić information content (AvgIpc) is 2.48. The second kappa shape index (κ2) is 4.01. The SMILES string of the molecule is CCc1ncc(/C=C/C(=O)O)s1. The van der Waals surface area contributed by atoms with E-state index in [2.05, 4.69) is 4.98 Å². The van der Waals surface area contributed by atoms with Gasteiger partial charge in [-0.2, -0.15) is 0 Å². The van der Waals surface area contributed by atoms with Gasteiger partial charge in [-0.05, 0) is 12.5 Å². The number of thiazole rings is 1. The van der Waals surface area contributed by atoms with E-state index in [0.717, 1.165) is 22.4 Å². The third-order valence-electron chi connectivity index (χ3n) is 1.26. The number of nitrogens with zero attached hydrogens (tertiary/aromatic N) is 1. The predicted octanol–water partition coefficient (Wildman–Crippen LogP) is 1.80. The smallest absolute Gasteiger partial charge is 0.328 e. The van der Waals surface area contributed by atoms with Crippen LogP contribution in [0.1, 0.15) is 16.8 Å². The minimum absolute atomic E-state index is 0.884. The zero-order chi connectivity index (χ0) is 8.97. The first-order valence-corrected chi connectivity index (χ1v) is 4.39. The number of hydrogen-bond acceptors (Lipinski definition) is 3. The number of aryl methyl sites for hydroxylation is 1. The summed E-state index contributed by atoms with van der Waals surface area (Å²) in [6.45, 7) is 2.02. The van der Waals surface area contributed by atoms with E-state index < -0.39 is 5.97 Å². The summed E-state index contributed by atoms with van der Waals surface area (Å²) in [5.41, 5.74) is 0. The summed E-state index contributed by atoms with van der Waals surface area (Å²) in [7, 11) is 0. The number of hydrogen-bond donors (Lipinski definition) is 1. The number of rotatable bonds is 3. The molecule has 0 atom stereocenters. The second-order valence-electron chi connectivity index (χ2n) is 2.18. The first-order chi connectivity index (χ1) is 5.72. The van der Waals surface area contributed by atoms with Gasteiger partial charge in [0.05, 0.1) is 5.01 Å². The van der Waals surface area contributed by atoms with Crippen molar-refractivity contribution in [3.05, 3.63) is 22.2 Å². The number of carbonyl (C=O) groups is 1. The first kappa shape index (κ1) is 8.93. The highest BCUT2D eigenvalue weighted by Crippen LogP contribution is 2.14. The predicted molar refractivity (Wildman–Crippen MR) is 48.2 cm³/mol. The van der Waals surface area contributed by atoms with Crippen molar-refractivity contribution in [2.45, 2.75) is 13.3 Å². The highest BCUT2D eigenvalue weighted by molar-refractivity contribution is 7.12. The van der Waals surface area contributed by atoms with Crippen molar-refractivity contribution >= 4 is 23.4 Å². The van der Waals surface area contributed by atoms with Crippen LogP contribution in [-0.4, -0.2) is 16.1 Å². The van der Waals surface area contributed by atoms with Crippen LogP contribution in [0.3, 0.4) is 0 Å². The molecule has 0 amide bonds. The third-order valence-corrected chi connectivity index (χ3v) is 2.37. The Morgan fingerprint density at radius 1 is 1.83 bits per heavy atom. The molecule has 0 radical (unpaired) electrons. The molecule has 64 valence electrons. The van der Waals surface area contributed by atoms with Crippen molar-refractivity contribution in [1.82, 2.24) is 4.98 Å². The van der Waals surface area contributed by atoms with Gasteiger partial charge >= 0.3 is 5.97 Å². The van der Waals surface area contributed by atoms with Crippen molar-refractivity contribution in [2.24, 2.45) is 0 Å². The molecule has 0 bridgehead atoms. The molecule has 3 nitrogen and oxygen atoms in total. The van der Waals surface area contributed by atoms with Crippen LogP contribution in [0.4, 0.5) is 0 Å². The molecule has 12 heavy (non-hydrogen) atoms. The fourth-order valence-electron chi connectivity index (χ4n) is 0.718. The Morgan fingerprint density at radius 2 is 2.58 bits per heavy atom. The van der Waals surface area contributed by atoms with Gasteiger partial charge in [-0.25, -0.2) is 9.78 Å². The summed E-state index contributed by atoms with van der Waals surface area (Å²) >= 11 is 1.51. The number of carboxylic acids is 1. The topological polar surface area (TPSA) is 50.2 Å². The Balaban J connectivity index is 2.70. The van der Waals surface area contributed by atoms with E-state index in [9.17, 15) is 4.79 Å². The zero-order valence-electron chi connectivity index (χ0n) is 6.65. The third kappa shape index (κ3) is 2.47. The molecule has 1 aromatic rings. The van der Waals surface area contributed by atoms with Gasteiger partial charge in [-0.1, -0.05) is 6.92 Å². The molecule has 0 saturated heterocycles. The second-order valence-corrected chi connectivity index (χ2v) is 3.33. The van der Waals surface area contributed by atoms with E-state index in [1.54, 1.807) is 12.3 Å². The van der Waals surface area contributed by atoms with Gasteiger partial charge in [0.1, 0.15) is 0 Å². The van der Waals surface area contributed by atoms with Gasteiger partial charge < -0.3 is 5.11 Å². The lowest BCUT2D eigenvalue weighted by molar-refractivity contribution is -0.131. The summed E-state index contributed by atoms with van der Waals surface area (Å²) in [4.78, 5) is 15.1. The molecule has 4 heteroatoms. The van der Waals surface area contributed by atoms with Crippen LogP contribution in [0.15, 0.2) is 12.3 Å². The Hall–Kier alpha value is -1.16. The minimum atomic E-state index is -0.929. The van der Waals surface area contributed by atoms with Crippen LogP contribution in [-0.2, 0) is 11.2 Å². The lowest BCUT2D eigenvalue weighted by Gasteiger charge is -1.81. The summed E-state index contributed by atoms with van der Waals surface area (Å²) in [5, 5.41) is 9.36. The van der Waals surface area contributed by atoms with Gasteiger partial charge in [-0.15, -0.1) is 11.3 Å². The highest BCUT2D eigenvalue weighted by Gasteiger charge is 1.96. The molecule has 1 N–H and O–H groups in total. The molecule has 0 aromatic carbocycles. The molecule has 1 aromatic heterocycles. The highest BCUT2D eigenvalue weighted by atomic mass is 32.1. The van der Waals surface area contributed by atoms with Gasteiger partial charge in [0.15, 0.2) is 0 Å². The molecule has 1 heterocycles. The average molecular weight is 183 g/mol. The fourth-order valence-corrected chi connectivity index (χ4v) is 1.48. The molecular formula is C8H9NO2S. The van der Waals surface area contributed by atoms with Crippen LogP contribution in [0.2, 0.25) is 0 Å². The van der Waals surface area contributed by atoms with Crippen molar-refractivity contribution in [2.75, 3.05) is 0 Å². The lowest BCUT2D eigenvalue weighted by Crippen LogP contribution is -1.84. The van der Waals surface area contributed by atoms with E-state index >= 15 is 0 Å². The van der Waals surface area contributed by atoms with E-state index in [1.807, 2.05) is 6.92 Å². The van der Waals surface area contributed by atoms with Crippen molar-refractivity contribution < 1.29 is 9.90 Å². The van der Waals surface area contributed by atoms with Gasteiger partial charge in [0.2, 0.25) is 0 Å². The van der Waals surface area contributed by atoms with Crippen LogP contribution >= 0.6 is 11.3 Å². The standard InChI is InChI=1S/C8H9NO2S/c1-2-7-9-5-6(12-7)3-4-8(10)11/h3-5H,2H2,1H3,(H,10,11)/b4-3+. The fraction of sp³-hybridized carbons (Fsp3) is 0.250. The molecule has 0 unspecified atom stereocenters. The Bertz CT molecular complexity index is 304. The number of carboxylic acid groups (broad SMARTS) is 1. The maximum absolute atomic E-state index is 10.1. The van der Waals surface area contributed by atoms with E-state index in [-0.39, 0.29) is 0 Å². The number of aliphatic carboxylic acids is 1. The van der Waals surface area contributed by atoms with E-state index in [0.29, 0.717) is 0 Å².